The second-order valence-electron chi connectivity index (χ2n) is 4.44. The lowest BCUT2D eigenvalue weighted by atomic mass is 10.2. The molecule has 0 bridgehead atoms. The molecule has 2 heterocycles. The molecule has 106 valence electrons. The third-order valence-electron chi connectivity index (χ3n) is 2.98. The number of aryl methyl sites for hydroxylation is 1. The zero-order valence-corrected chi connectivity index (χ0v) is 11.7. The van der Waals surface area contributed by atoms with Gasteiger partial charge in [-0.05, 0) is 42.7 Å². The minimum Gasteiger partial charge on any atom is -0.475 e. The van der Waals surface area contributed by atoms with Crippen LogP contribution in [-0.2, 0) is 0 Å². The topological polar surface area (TPSA) is 92.4 Å². The molecule has 1 aromatic carbocycles. The standard InChI is InChI=1S/C14H10N2O4S/c1-7-10(6-21-16-7)13(17)15-9-2-3-11-8(4-9)5-12(20-11)14(18)19/h2-6H,1H3,(H,15,17)(H,18,19). The number of aromatic nitrogens is 1. The summed E-state index contributed by atoms with van der Waals surface area (Å²) >= 11 is 1.22. The monoisotopic (exact) mass is 302 g/mol. The van der Waals surface area contributed by atoms with Crippen molar-refractivity contribution in [2.75, 3.05) is 5.32 Å². The van der Waals surface area contributed by atoms with E-state index in [0.29, 0.717) is 27.9 Å². The number of anilines is 1. The molecular weight excluding hydrogens is 292 g/mol. The second kappa shape index (κ2) is 5.02. The summed E-state index contributed by atoms with van der Waals surface area (Å²) in [5.41, 5.74) is 2.23. The zero-order valence-electron chi connectivity index (χ0n) is 10.9. The number of rotatable bonds is 3. The maximum Gasteiger partial charge on any atom is 0.371 e. The van der Waals surface area contributed by atoms with E-state index in [-0.39, 0.29) is 11.7 Å². The number of aromatic carboxylic acids is 1. The van der Waals surface area contributed by atoms with Crippen LogP contribution in [0.1, 0.15) is 26.6 Å². The Morgan fingerprint density at radius 1 is 1.33 bits per heavy atom. The minimum atomic E-state index is -1.13. The Morgan fingerprint density at radius 2 is 2.14 bits per heavy atom. The Bertz CT molecular complexity index is 850. The van der Waals surface area contributed by atoms with E-state index in [1.54, 1.807) is 30.5 Å². The zero-order chi connectivity index (χ0) is 15.0. The van der Waals surface area contributed by atoms with Crippen LogP contribution < -0.4 is 5.32 Å². The average molecular weight is 302 g/mol. The van der Waals surface area contributed by atoms with Gasteiger partial charge in [-0.15, -0.1) is 0 Å². The lowest BCUT2D eigenvalue weighted by Crippen LogP contribution is -2.12. The van der Waals surface area contributed by atoms with Crippen molar-refractivity contribution in [3.63, 3.8) is 0 Å². The average Bonchev–Trinajstić information content (AvgIpc) is 3.04. The molecule has 0 aliphatic heterocycles. The molecule has 1 amide bonds. The van der Waals surface area contributed by atoms with Crippen LogP contribution >= 0.6 is 11.5 Å². The van der Waals surface area contributed by atoms with E-state index in [1.165, 1.54) is 17.6 Å². The van der Waals surface area contributed by atoms with E-state index < -0.39 is 5.97 Å². The van der Waals surface area contributed by atoms with E-state index in [0.717, 1.165) is 0 Å². The number of carbonyl (C=O) groups excluding carboxylic acids is 1. The summed E-state index contributed by atoms with van der Waals surface area (Å²) in [6, 6.07) is 6.36. The molecule has 0 saturated heterocycles. The van der Waals surface area contributed by atoms with Gasteiger partial charge in [0.15, 0.2) is 0 Å². The highest BCUT2D eigenvalue weighted by molar-refractivity contribution is 7.04. The van der Waals surface area contributed by atoms with Crippen molar-refractivity contribution in [1.29, 1.82) is 0 Å². The lowest BCUT2D eigenvalue weighted by molar-refractivity contribution is 0.0665. The van der Waals surface area contributed by atoms with Gasteiger partial charge < -0.3 is 14.8 Å². The number of carboxylic acids is 1. The molecule has 0 fully saturated rings. The number of benzene rings is 1. The first-order valence-electron chi connectivity index (χ1n) is 6.04. The van der Waals surface area contributed by atoms with E-state index in [4.69, 9.17) is 9.52 Å². The van der Waals surface area contributed by atoms with Crippen molar-refractivity contribution in [2.24, 2.45) is 0 Å². The Morgan fingerprint density at radius 3 is 2.81 bits per heavy atom. The Labute approximate surface area is 123 Å². The molecule has 3 aromatic rings. The maximum atomic E-state index is 12.1. The summed E-state index contributed by atoms with van der Waals surface area (Å²) in [4.78, 5) is 22.9. The maximum absolute atomic E-state index is 12.1. The summed E-state index contributed by atoms with van der Waals surface area (Å²) in [6.45, 7) is 1.77. The van der Waals surface area contributed by atoms with Crippen molar-refractivity contribution >= 4 is 40.1 Å². The summed E-state index contributed by atoms with van der Waals surface area (Å²) in [5, 5.41) is 13.9. The highest BCUT2D eigenvalue weighted by atomic mass is 32.1. The molecule has 0 atom stereocenters. The molecule has 3 rings (SSSR count). The third kappa shape index (κ3) is 2.50. The normalized spacial score (nSPS) is 10.7. The summed E-state index contributed by atoms with van der Waals surface area (Å²) in [7, 11) is 0. The number of carbonyl (C=O) groups is 2. The largest absolute Gasteiger partial charge is 0.475 e. The number of amides is 1. The van der Waals surface area contributed by atoms with Crippen molar-refractivity contribution in [3.8, 4) is 0 Å². The van der Waals surface area contributed by atoms with E-state index >= 15 is 0 Å². The van der Waals surface area contributed by atoms with Gasteiger partial charge in [-0.25, -0.2) is 4.79 Å². The van der Waals surface area contributed by atoms with Gasteiger partial charge in [-0.1, -0.05) is 0 Å². The number of nitrogens with zero attached hydrogens (tertiary/aromatic N) is 1. The van der Waals surface area contributed by atoms with E-state index in [2.05, 4.69) is 9.69 Å². The van der Waals surface area contributed by atoms with Crippen LogP contribution in [-0.4, -0.2) is 21.4 Å². The Hall–Kier alpha value is -2.67. The van der Waals surface area contributed by atoms with E-state index in [9.17, 15) is 9.59 Å². The number of nitrogens with one attached hydrogen (secondary N) is 1. The van der Waals surface area contributed by atoms with Gasteiger partial charge >= 0.3 is 5.97 Å². The van der Waals surface area contributed by atoms with Crippen LogP contribution in [0.3, 0.4) is 0 Å². The molecule has 7 heteroatoms. The summed E-state index contributed by atoms with van der Waals surface area (Å²) in [6.07, 6.45) is 0. The van der Waals surface area contributed by atoms with E-state index in [1.807, 2.05) is 0 Å². The number of hydrogen-bond acceptors (Lipinski definition) is 5. The molecule has 0 spiro atoms. The minimum absolute atomic E-state index is 0.133. The molecule has 0 unspecified atom stereocenters. The molecular formula is C14H10N2O4S. The fourth-order valence-electron chi connectivity index (χ4n) is 1.94. The molecule has 6 nitrogen and oxygen atoms in total. The van der Waals surface area contributed by atoms with Gasteiger partial charge in [0.25, 0.3) is 5.91 Å². The number of hydrogen-bond donors (Lipinski definition) is 2. The second-order valence-corrected chi connectivity index (χ2v) is 5.07. The number of fused-ring (bicyclic) bond motifs is 1. The van der Waals surface area contributed by atoms with Crippen molar-refractivity contribution < 1.29 is 19.1 Å². The first-order chi connectivity index (χ1) is 10.0. The van der Waals surface area contributed by atoms with Crippen LogP contribution in [0.2, 0.25) is 0 Å². The number of carboxylic acid groups (broad SMARTS) is 1. The van der Waals surface area contributed by atoms with Crippen LogP contribution in [0.4, 0.5) is 5.69 Å². The predicted molar refractivity (Wildman–Crippen MR) is 78.0 cm³/mol. The van der Waals surface area contributed by atoms with Gasteiger partial charge in [-0.3, -0.25) is 4.79 Å². The highest BCUT2D eigenvalue weighted by Crippen LogP contribution is 2.23. The van der Waals surface area contributed by atoms with Crippen LogP contribution in [0, 0.1) is 6.92 Å². The molecule has 0 aliphatic rings. The molecule has 0 saturated carbocycles. The van der Waals surface area contributed by atoms with Gasteiger partial charge in [-0.2, -0.15) is 4.37 Å². The predicted octanol–water partition coefficient (Wildman–Crippen LogP) is 3.15. The van der Waals surface area contributed by atoms with Crippen molar-refractivity contribution in [3.05, 3.63) is 46.7 Å². The molecule has 2 aromatic heterocycles. The lowest BCUT2D eigenvalue weighted by Gasteiger charge is -2.04. The number of furan rings is 1. The Kier molecular flexibility index (Phi) is 3.19. The summed E-state index contributed by atoms with van der Waals surface area (Å²) < 4.78 is 9.21. The fraction of sp³-hybridized carbons (Fsp3) is 0.0714. The summed E-state index contributed by atoms with van der Waals surface area (Å²) in [5.74, 6) is -1.51. The van der Waals surface area contributed by atoms with Crippen LogP contribution in [0.15, 0.2) is 34.1 Å². The van der Waals surface area contributed by atoms with Crippen LogP contribution in [0.5, 0.6) is 0 Å². The SMILES string of the molecule is Cc1nscc1C(=O)Nc1ccc2oc(C(=O)O)cc2c1. The Balaban J connectivity index is 1.89. The van der Waals surface area contributed by atoms with Crippen LogP contribution in [0.25, 0.3) is 11.0 Å². The molecule has 0 aliphatic carbocycles. The molecule has 21 heavy (non-hydrogen) atoms. The smallest absolute Gasteiger partial charge is 0.371 e. The first-order valence-corrected chi connectivity index (χ1v) is 6.87. The van der Waals surface area contributed by atoms with Crippen molar-refractivity contribution in [2.45, 2.75) is 6.92 Å². The molecule has 2 N–H and O–H groups in total. The van der Waals surface area contributed by atoms with Gasteiger partial charge in [0.2, 0.25) is 5.76 Å². The van der Waals surface area contributed by atoms with Crippen molar-refractivity contribution in [1.82, 2.24) is 4.37 Å². The highest BCUT2D eigenvalue weighted by Gasteiger charge is 2.13. The van der Waals surface area contributed by atoms with Gasteiger partial charge in [0, 0.05) is 16.5 Å². The first kappa shape index (κ1) is 13.3. The van der Waals surface area contributed by atoms with Gasteiger partial charge in [0.05, 0.1) is 11.3 Å². The third-order valence-corrected chi connectivity index (χ3v) is 3.70. The fourth-order valence-corrected chi connectivity index (χ4v) is 2.63. The quantitative estimate of drug-likeness (QED) is 0.775. The van der Waals surface area contributed by atoms with Gasteiger partial charge in [0.1, 0.15) is 5.58 Å². The molecule has 0 radical (unpaired) electrons.